The first kappa shape index (κ1) is 18.5. The van der Waals surface area contributed by atoms with Crippen molar-refractivity contribution in [3.05, 3.63) is 50.9 Å². The van der Waals surface area contributed by atoms with Crippen molar-refractivity contribution in [3.63, 3.8) is 0 Å². The van der Waals surface area contributed by atoms with Gasteiger partial charge in [0, 0.05) is 41.7 Å². The molecule has 2 aromatic heterocycles. The van der Waals surface area contributed by atoms with E-state index in [-0.39, 0.29) is 0 Å². The van der Waals surface area contributed by atoms with Gasteiger partial charge >= 0.3 is 0 Å². The molecule has 1 aromatic carbocycles. The summed E-state index contributed by atoms with van der Waals surface area (Å²) in [6.45, 7) is 2.21. The van der Waals surface area contributed by atoms with Gasteiger partial charge in [0.05, 0.1) is 10.7 Å². The molecule has 0 unspecified atom stereocenters. The van der Waals surface area contributed by atoms with Crippen molar-refractivity contribution in [2.75, 3.05) is 18.0 Å². The van der Waals surface area contributed by atoms with E-state index in [1.54, 1.807) is 23.1 Å². The lowest BCUT2D eigenvalue weighted by atomic mass is 10.2. The van der Waals surface area contributed by atoms with Crippen LogP contribution in [0.15, 0.2) is 34.8 Å². The highest BCUT2D eigenvalue weighted by molar-refractivity contribution is 7.98. The predicted octanol–water partition coefficient (Wildman–Crippen LogP) is 5.21. The normalized spacial score (nSPS) is 16.8. The van der Waals surface area contributed by atoms with Crippen LogP contribution in [0.5, 0.6) is 0 Å². The fourth-order valence-corrected chi connectivity index (χ4v) is 5.52. The molecule has 0 bridgehead atoms. The van der Waals surface area contributed by atoms with Gasteiger partial charge in [0.2, 0.25) is 5.95 Å². The summed E-state index contributed by atoms with van der Waals surface area (Å²) in [5, 5.41) is 14.2. The molecular weight excluding hydrogens is 410 g/mol. The molecule has 2 fully saturated rings. The molecule has 1 aliphatic carbocycles. The molecule has 5 rings (SSSR count). The zero-order valence-corrected chi connectivity index (χ0v) is 17.9. The summed E-state index contributed by atoms with van der Waals surface area (Å²) in [5.74, 6) is 1.91. The van der Waals surface area contributed by atoms with Crippen molar-refractivity contribution < 1.29 is 0 Å². The molecule has 3 aromatic rings. The van der Waals surface area contributed by atoms with Gasteiger partial charge in [-0.05, 0) is 43.4 Å². The second-order valence-electron chi connectivity index (χ2n) is 7.40. The van der Waals surface area contributed by atoms with Gasteiger partial charge in [0.15, 0.2) is 5.16 Å². The van der Waals surface area contributed by atoms with Gasteiger partial charge in [0.25, 0.3) is 0 Å². The van der Waals surface area contributed by atoms with E-state index < -0.39 is 0 Å². The molecule has 0 amide bonds. The first-order chi connectivity index (χ1) is 13.8. The van der Waals surface area contributed by atoms with Gasteiger partial charge in [0.1, 0.15) is 0 Å². The second kappa shape index (κ2) is 8.05. The highest BCUT2D eigenvalue weighted by atomic mass is 35.5. The standard InChI is InChI=1S/C20H22ClN5S2/c21-15-5-3-14(4-6-15)11-18-22-16(12-27-18)13-28-20-24-23-19(25-9-1-2-10-25)26(20)17-7-8-17/h3-6,12,17H,1-2,7-11,13H2. The fourth-order valence-electron chi connectivity index (χ4n) is 3.56. The molecule has 5 nitrogen and oxygen atoms in total. The lowest BCUT2D eigenvalue weighted by molar-refractivity contribution is 0.651. The minimum absolute atomic E-state index is 0.587. The number of benzene rings is 1. The molecule has 146 valence electrons. The number of nitrogens with zero attached hydrogens (tertiary/aromatic N) is 5. The van der Waals surface area contributed by atoms with Crippen molar-refractivity contribution in [1.82, 2.24) is 19.7 Å². The van der Waals surface area contributed by atoms with Crippen LogP contribution in [-0.4, -0.2) is 32.8 Å². The molecule has 1 saturated carbocycles. The minimum Gasteiger partial charge on any atom is -0.341 e. The van der Waals surface area contributed by atoms with E-state index in [2.05, 4.69) is 37.2 Å². The second-order valence-corrected chi connectivity index (χ2v) is 9.72. The van der Waals surface area contributed by atoms with E-state index in [0.717, 1.165) is 52.1 Å². The largest absolute Gasteiger partial charge is 0.341 e. The Morgan fingerprint density at radius 1 is 1.11 bits per heavy atom. The van der Waals surface area contributed by atoms with Crippen LogP contribution in [0.25, 0.3) is 0 Å². The maximum atomic E-state index is 5.97. The molecule has 1 saturated heterocycles. The third-order valence-electron chi connectivity index (χ3n) is 5.16. The Kier molecular flexibility index (Phi) is 5.30. The Morgan fingerprint density at radius 3 is 2.64 bits per heavy atom. The number of thioether (sulfide) groups is 1. The lowest BCUT2D eigenvalue weighted by Gasteiger charge is -2.17. The van der Waals surface area contributed by atoms with Gasteiger partial charge in [-0.25, -0.2) is 4.98 Å². The molecule has 0 N–H and O–H groups in total. The fraction of sp³-hybridized carbons (Fsp3) is 0.450. The van der Waals surface area contributed by atoms with Gasteiger partial charge in [-0.2, -0.15) is 0 Å². The average Bonchev–Trinajstić information content (AvgIpc) is 3.12. The number of rotatable bonds is 7. The minimum atomic E-state index is 0.587. The quantitative estimate of drug-likeness (QED) is 0.481. The molecule has 28 heavy (non-hydrogen) atoms. The van der Waals surface area contributed by atoms with Gasteiger partial charge in [-0.15, -0.1) is 21.5 Å². The molecule has 8 heteroatoms. The zero-order valence-electron chi connectivity index (χ0n) is 15.6. The zero-order chi connectivity index (χ0) is 18.9. The van der Waals surface area contributed by atoms with E-state index in [1.165, 1.54) is 31.2 Å². The Labute approximate surface area is 178 Å². The number of halogens is 1. The molecule has 3 heterocycles. The summed E-state index contributed by atoms with van der Waals surface area (Å²) in [4.78, 5) is 7.21. The predicted molar refractivity (Wildman–Crippen MR) is 116 cm³/mol. The maximum Gasteiger partial charge on any atom is 0.228 e. The van der Waals surface area contributed by atoms with Crippen molar-refractivity contribution in [2.45, 2.75) is 49.1 Å². The van der Waals surface area contributed by atoms with Crippen LogP contribution >= 0.6 is 34.7 Å². The van der Waals surface area contributed by atoms with Crippen LogP contribution in [0.3, 0.4) is 0 Å². The summed E-state index contributed by atoms with van der Waals surface area (Å²) in [5.41, 5.74) is 2.36. The van der Waals surface area contributed by atoms with Crippen LogP contribution in [-0.2, 0) is 12.2 Å². The third-order valence-corrected chi connectivity index (χ3v) is 7.29. The summed E-state index contributed by atoms with van der Waals surface area (Å²) < 4.78 is 2.37. The number of anilines is 1. The van der Waals surface area contributed by atoms with Crippen LogP contribution < -0.4 is 4.90 Å². The van der Waals surface area contributed by atoms with E-state index >= 15 is 0 Å². The molecule has 0 spiro atoms. The summed E-state index contributed by atoms with van der Waals surface area (Å²) in [7, 11) is 0. The van der Waals surface area contributed by atoms with E-state index in [4.69, 9.17) is 16.6 Å². The van der Waals surface area contributed by atoms with Crippen LogP contribution in [0.4, 0.5) is 5.95 Å². The topological polar surface area (TPSA) is 46.8 Å². The monoisotopic (exact) mass is 431 g/mol. The number of thiazole rings is 1. The Morgan fingerprint density at radius 2 is 1.89 bits per heavy atom. The Balaban J connectivity index is 1.25. The molecule has 1 aliphatic heterocycles. The van der Waals surface area contributed by atoms with Crippen molar-refractivity contribution in [3.8, 4) is 0 Å². The van der Waals surface area contributed by atoms with E-state index in [0.29, 0.717) is 6.04 Å². The van der Waals surface area contributed by atoms with E-state index in [1.807, 2.05) is 12.1 Å². The summed E-state index contributed by atoms with van der Waals surface area (Å²) >= 11 is 9.45. The van der Waals surface area contributed by atoms with Crippen LogP contribution in [0.2, 0.25) is 5.02 Å². The smallest absolute Gasteiger partial charge is 0.228 e. The summed E-state index contributed by atoms with van der Waals surface area (Å²) in [6.07, 6.45) is 5.86. The first-order valence-corrected chi connectivity index (χ1v) is 12.0. The van der Waals surface area contributed by atoms with Gasteiger partial charge in [-0.1, -0.05) is 35.5 Å². The molecular formula is C20H22ClN5S2. The Hall–Kier alpha value is -1.57. The first-order valence-electron chi connectivity index (χ1n) is 9.76. The maximum absolute atomic E-state index is 5.97. The van der Waals surface area contributed by atoms with Crippen molar-refractivity contribution >= 4 is 40.6 Å². The number of hydrogen-bond acceptors (Lipinski definition) is 6. The molecule has 2 aliphatic rings. The van der Waals surface area contributed by atoms with Crippen molar-refractivity contribution in [1.29, 1.82) is 0 Å². The molecule has 0 atom stereocenters. The third kappa shape index (κ3) is 4.07. The highest BCUT2D eigenvalue weighted by Crippen LogP contribution is 2.41. The average molecular weight is 432 g/mol. The lowest BCUT2D eigenvalue weighted by Crippen LogP contribution is -2.22. The van der Waals surface area contributed by atoms with Gasteiger partial charge < -0.3 is 4.90 Å². The summed E-state index contributed by atoms with van der Waals surface area (Å²) in [6, 6.07) is 8.59. The van der Waals surface area contributed by atoms with Crippen LogP contribution in [0, 0.1) is 0 Å². The van der Waals surface area contributed by atoms with Crippen molar-refractivity contribution in [2.24, 2.45) is 0 Å². The molecule has 0 radical (unpaired) electrons. The van der Waals surface area contributed by atoms with Crippen LogP contribution in [0.1, 0.15) is 48.0 Å². The Bertz CT molecular complexity index is 942. The number of hydrogen-bond donors (Lipinski definition) is 0. The SMILES string of the molecule is Clc1ccc(Cc2nc(CSc3nnc(N4CCCC4)n3C3CC3)cs2)cc1. The van der Waals surface area contributed by atoms with E-state index in [9.17, 15) is 0 Å². The number of aromatic nitrogens is 4. The highest BCUT2D eigenvalue weighted by Gasteiger charge is 2.32. The van der Waals surface area contributed by atoms with Gasteiger partial charge in [-0.3, -0.25) is 4.57 Å².